The number of nitrogens with zero attached hydrogens (tertiary/aromatic N) is 3. The number of hydrogen-bond donors (Lipinski definition) is 1. The van der Waals surface area contributed by atoms with E-state index in [-0.39, 0.29) is 17.8 Å². The second-order valence-electron chi connectivity index (χ2n) is 6.63. The summed E-state index contributed by atoms with van der Waals surface area (Å²) < 4.78 is 13.0. The maximum Gasteiger partial charge on any atom is 0.257 e. The van der Waals surface area contributed by atoms with Crippen LogP contribution in [0.5, 0.6) is 0 Å². The summed E-state index contributed by atoms with van der Waals surface area (Å²) in [6, 6.07) is 9.43. The third kappa shape index (κ3) is 4.38. The summed E-state index contributed by atoms with van der Waals surface area (Å²) in [7, 11) is 0. The number of rotatable bonds is 5. The Morgan fingerprint density at radius 2 is 2.11 bits per heavy atom. The molecule has 1 aliphatic heterocycles. The third-order valence-electron chi connectivity index (χ3n) is 4.71. The number of halogens is 2. The van der Waals surface area contributed by atoms with Crippen molar-refractivity contribution in [1.82, 2.24) is 14.9 Å². The van der Waals surface area contributed by atoms with Crippen molar-refractivity contribution >= 4 is 34.0 Å². The Morgan fingerprint density at radius 1 is 1.29 bits per heavy atom. The molecule has 0 unspecified atom stereocenters. The van der Waals surface area contributed by atoms with Crippen molar-refractivity contribution in [2.75, 3.05) is 11.9 Å². The molecule has 1 aromatic carbocycles. The first-order valence-corrected chi connectivity index (χ1v) is 10.2. The van der Waals surface area contributed by atoms with Gasteiger partial charge in [0.2, 0.25) is 0 Å². The summed E-state index contributed by atoms with van der Waals surface area (Å²) in [6.07, 6.45) is 3.77. The predicted octanol–water partition coefficient (Wildman–Crippen LogP) is 4.92. The van der Waals surface area contributed by atoms with E-state index in [1.54, 1.807) is 6.20 Å². The Labute approximate surface area is 171 Å². The molecule has 144 valence electrons. The van der Waals surface area contributed by atoms with E-state index in [9.17, 15) is 9.18 Å². The maximum atomic E-state index is 13.0. The van der Waals surface area contributed by atoms with Crippen molar-refractivity contribution in [3.8, 4) is 0 Å². The zero-order valence-corrected chi connectivity index (χ0v) is 16.5. The highest BCUT2D eigenvalue weighted by Crippen LogP contribution is 2.34. The van der Waals surface area contributed by atoms with E-state index < -0.39 is 0 Å². The molecule has 3 heterocycles. The molecule has 4 rings (SSSR count). The first-order chi connectivity index (χ1) is 13.6. The quantitative estimate of drug-likeness (QED) is 0.641. The van der Waals surface area contributed by atoms with Crippen molar-refractivity contribution < 1.29 is 9.18 Å². The Kier molecular flexibility index (Phi) is 5.66. The first kappa shape index (κ1) is 19.0. The number of benzene rings is 1. The van der Waals surface area contributed by atoms with Crippen LogP contribution in [-0.4, -0.2) is 27.3 Å². The van der Waals surface area contributed by atoms with Gasteiger partial charge in [-0.25, -0.2) is 9.37 Å². The van der Waals surface area contributed by atoms with E-state index in [0.29, 0.717) is 15.7 Å². The highest BCUT2D eigenvalue weighted by Gasteiger charge is 2.28. The highest BCUT2D eigenvalue weighted by atomic mass is 35.5. The summed E-state index contributed by atoms with van der Waals surface area (Å²) >= 11 is 7.31. The summed E-state index contributed by atoms with van der Waals surface area (Å²) in [5, 5.41) is 5.95. The fourth-order valence-electron chi connectivity index (χ4n) is 3.33. The van der Waals surface area contributed by atoms with Crippen molar-refractivity contribution in [1.29, 1.82) is 0 Å². The monoisotopic (exact) mass is 416 g/mol. The van der Waals surface area contributed by atoms with Crippen molar-refractivity contribution in [2.24, 2.45) is 0 Å². The Bertz CT molecular complexity index is 961. The van der Waals surface area contributed by atoms with Gasteiger partial charge in [0.05, 0.1) is 22.5 Å². The van der Waals surface area contributed by atoms with Gasteiger partial charge < -0.3 is 0 Å². The van der Waals surface area contributed by atoms with Crippen LogP contribution in [0.4, 0.5) is 9.52 Å². The van der Waals surface area contributed by atoms with Gasteiger partial charge in [0, 0.05) is 23.7 Å². The van der Waals surface area contributed by atoms with Gasteiger partial charge >= 0.3 is 0 Å². The van der Waals surface area contributed by atoms with Crippen LogP contribution in [-0.2, 0) is 6.54 Å². The van der Waals surface area contributed by atoms with Gasteiger partial charge in [0.15, 0.2) is 5.13 Å². The minimum absolute atomic E-state index is 0.199. The number of pyridine rings is 1. The number of anilines is 1. The van der Waals surface area contributed by atoms with Crippen LogP contribution in [0.2, 0.25) is 5.02 Å². The van der Waals surface area contributed by atoms with E-state index in [1.807, 2.05) is 17.5 Å². The zero-order chi connectivity index (χ0) is 19.5. The number of likely N-dealkylation sites (tertiary alicyclic amines) is 1. The summed E-state index contributed by atoms with van der Waals surface area (Å²) in [5.74, 6) is -0.667. The predicted molar refractivity (Wildman–Crippen MR) is 108 cm³/mol. The normalized spacial score (nSPS) is 17.0. The fraction of sp³-hybridized carbons (Fsp3) is 0.250. The molecule has 0 saturated carbocycles. The number of carbonyl (C=O) groups excluding carboxylic acids is 1. The lowest BCUT2D eigenvalue weighted by atomic mass is 10.1. The molecule has 0 aliphatic carbocycles. The topological polar surface area (TPSA) is 58.1 Å². The van der Waals surface area contributed by atoms with Crippen LogP contribution >= 0.6 is 22.9 Å². The van der Waals surface area contributed by atoms with Crippen LogP contribution in [0.15, 0.2) is 48.0 Å². The summed E-state index contributed by atoms with van der Waals surface area (Å²) in [6.45, 7) is 1.71. The van der Waals surface area contributed by atoms with E-state index in [4.69, 9.17) is 11.6 Å². The van der Waals surface area contributed by atoms with Gasteiger partial charge in [0.25, 0.3) is 5.91 Å². The molecule has 1 N–H and O–H groups in total. The van der Waals surface area contributed by atoms with Crippen LogP contribution in [0.3, 0.4) is 0 Å². The van der Waals surface area contributed by atoms with E-state index in [1.165, 1.54) is 35.6 Å². The van der Waals surface area contributed by atoms with Gasteiger partial charge in [-0.3, -0.25) is 20.0 Å². The summed E-state index contributed by atoms with van der Waals surface area (Å²) in [5.41, 5.74) is 2.32. The van der Waals surface area contributed by atoms with E-state index in [0.717, 1.165) is 37.3 Å². The molecule has 0 bridgehead atoms. The number of thiazole rings is 1. The molecule has 1 aliphatic rings. The van der Waals surface area contributed by atoms with Crippen LogP contribution < -0.4 is 5.32 Å². The Morgan fingerprint density at radius 3 is 2.86 bits per heavy atom. The van der Waals surface area contributed by atoms with Gasteiger partial charge in [0.1, 0.15) is 5.82 Å². The molecular weight excluding hydrogens is 399 g/mol. The minimum atomic E-state index is -0.371. The number of nitrogens with one attached hydrogen (secondary N) is 1. The van der Waals surface area contributed by atoms with E-state index in [2.05, 4.69) is 20.2 Å². The van der Waals surface area contributed by atoms with Crippen LogP contribution in [0, 0.1) is 5.82 Å². The lowest BCUT2D eigenvalue weighted by molar-refractivity contribution is 0.102. The SMILES string of the molecule is O=C(Nc1nc([C@@H]2CCCN2Cc2ccc(Cl)cn2)cs1)c1ccc(F)cc1. The van der Waals surface area contributed by atoms with Gasteiger partial charge in [-0.2, -0.15) is 0 Å². The average molecular weight is 417 g/mol. The molecule has 1 atom stereocenters. The molecule has 2 aromatic heterocycles. The molecule has 0 radical (unpaired) electrons. The molecule has 3 aromatic rings. The minimum Gasteiger partial charge on any atom is -0.298 e. The lowest BCUT2D eigenvalue weighted by Crippen LogP contribution is -2.23. The van der Waals surface area contributed by atoms with Crippen molar-refractivity contribution in [3.05, 3.63) is 75.8 Å². The molecule has 1 fully saturated rings. The fourth-order valence-corrected chi connectivity index (χ4v) is 4.19. The average Bonchev–Trinajstić information content (AvgIpc) is 3.33. The van der Waals surface area contributed by atoms with Gasteiger partial charge in [-0.15, -0.1) is 11.3 Å². The number of amides is 1. The van der Waals surface area contributed by atoms with Crippen molar-refractivity contribution in [2.45, 2.75) is 25.4 Å². The second-order valence-corrected chi connectivity index (χ2v) is 7.93. The third-order valence-corrected chi connectivity index (χ3v) is 5.71. The smallest absolute Gasteiger partial charge is 0.257 e. The molecule has 28 heavy (non-hydrogen) atoms. The van der Waals surface area contributed by atoms with Crippen LogP contribution in [0.1, 0.15) is 40.6 Å². The molecule has 8 heteroatoms. The Hall–Kier alpha value is -2.35. The van der Waals surface area contributed by atoms with Gasteiger partial charge in [-0.05, 0) is 55.8 Å². The number of hydrogen-bond acceptors (Lipinski definition) is 5. The maximum absolute atomic E-state index is 13.0. The lowest BCUT2D eigenvalue weighted by Gasteiger charge is -2.22. The standard InChI is InChI=1S/C20H18ClFN4OS/c21-14-5-8-16(23-10-14)11-26-9-1-2-18(26)17-12-28-20(24-17)25-19(27)13-3-6-15(22)7-4-13/h3-8,10,12,18H,1-2,9,11H2,(H,24,25,27)/t18-/m0/s1. The Balaban J connectivity index is 1.43. The largest absolute Gasteiger partial charge is 0.298 e. The molecule has 1 amide bonds. The molecular formula is C20H18ClFN4OS. The number of aromatic nitrogens is 2. The van der Waals surface area contributed by atoms with Gasteiger partial charge in [-0.1, -0.05) is 11.6 Å². The summed E-state index contributed by atoms with van der Waals surface area (Å²) in [4.78, 5) is 23.6. The zero-order valence-electron chi connectivity index (χ0n) is 14.9. The molecule has 1 saturated heterocycles. The number of carbonyl (C=O) groups is 1. The van der Waals surface area contributed by atoms with E-state index >= 15 is 0 Å². The van der Waals surface area contributed by atoms with Crippen molar-refractivity contribution in [3.63, 3.8) is 0 Å². The second kappa shape index (κ2) is 8.34. The van der Waals surface area contributed by atoms with Crippen LogP contribution in [0.25, 0.3) is 0 Å². The molecule has 0 spiro atoms. The molecule has 5 nitrogen and oxygen atoms in total. The highest BCUT2D eigenvalue weighted by molar-refractivity contribution is 7.14. The first-order valence-electron chi connectivity index (χ1n) is 8.95.